The first-order chi connectivity index (χ1) is 10.3. The quantitative estimate of drug-likeness (QED) is 0.903. The number of ether oxygens (including phenoxy) is 3. The SMILES string of the molecule is COCC1(C)CC(c2ccc(F)c(F)c2OC)C(C(=O)O)O1. The van der Waals surface area contributed by atoms with E-state index < -0.39 is 35.2 Å². The summed E-state index contributed by atoms with van der Waals surface area (Å²) in [7, 11) is 2.69. The molecule has 0 spiro atoms. The van der Waals surface area contributed by atoms with Crippen LogP contribution in [0, 0.1) is 11.6 Å². The molecular formula is C15H18F2O5. The van der Waals surface area contributed by atoms with Crippen molar-refractivity contribution in [2.24, 2.45) is 0 Å². The first-order valence-electron chi connectivity index (χ1n) is 6.74. The second-order valence-electron chi connectivity index (χ2n) is 5.55. The summed E-state index contributed by atoms with van der Waals surface area (Å²) in [5, 5.41) is 9.36. The lowest BCUT2D eigenvalue weighted by Gasteiger charge is -2.22. The molecule has 1 N–H and O–H groups in total. The number of carbonyl (C=O) groups is 1. The second kappa shape index (κ2) is 6.18. The largest absolute Gasteiger partial charge is 0.493 e. The normalized spacial score (nSPS) is 27.9. The molecule has 5 nitrogen and oxygen atoms in total. The van der Waals surface area contributed by atoms with E-state index >= 15 is 0 Å². The van der Waals surface area contributed by atoms with E-state index in [1.165, 1.54) is 20.3 Å². The number of carboxylic acid groups (broad SMARTS) is 1. The minimum absolute atomic E-state index is 0.194. The summed E-state index contributed by atoms with van der Waals surface area (Å²) in [5.74, 6) is -4.31. The van der Waals surface area contributed by atoms with Crippen LogP contribution in [0.2, 0.25) is 0 Å². The number of aliphatic carboxylic acids is 1. The molecule has 0 amide bonds. The first kappa shape index (κ1) is 16.6. The van der Waals surface area contributed by atoms with Crippen molar-refractivity contribution < 1.29 is 32.9 Å². The topological polar surface area (TPSA) is 65.0 Å². The Bertz CT molecular complexity index is 577. The van der Waals surface area contributed by atoms with Crippen LogP contribution < -0.4 is 4.74 Å². The molecule has 0 radical (unpaired) electrons. The predicted octanol–water partition coefficient (Wildman–Crippen LogP) is 2.34. The number of hydrogen-bond acceptors (Lipinski definition) is 4. The molecule has 0 bridgehead atoms. The van der Waals surface area contributed by atoms with Gasteiger partial charge in [-0.05, 0) is 19.4 Å². The van der Waals surface area contributed by atoms with Gasteiger partial charge in [-0.2, -0.15) is 4.39 Å². The third kappa shape index (κ3) is 2.91. The lowest BCUT2D eigenvalue weighted by Crippen LogP contribution is -2.32. The van der Waals surface area contributed by atoms with Crippen LogP contribution in [-0.4, -0.2) is 43.6 Å². The molecule has 1 aliphatic heterocycles. The van der Waals surface area contributed by atoms with E-state index in [0.29, 0.717) is 6.42 Å². The average molecular weight is 316 g/mol. The van der Waals surface area contributed by atoms with Crippen molar-refractivity contribution >= 4 is 5.97 Å². The van der Waals surface area contributed by atoms with Crippen LogP contribution in [-0.2, 0) is 14.3 Å². The van der Waals surface area contributed by atoms with Gasteiger partial charge >= 0.3 is 5.97 Å². The van der Waals surface area contributed by atoms with Crippen molar-refractivity contribution in [1.29, 1.82) is 0 Å². The number of halogens is 2. The fourth-order valence-corrected chi connectivity index (χ4v) is 2.95. The third-order valence-corrected chi connectivity index (χ3v) is 3.81. The van der Waals surface area contributed by atoms with E-state index in [1.54, 1.807) is 6.92 Å². The minimum atomic E-state index is -1.18. The summed E-state index contributed by atoms with van der Waals surface area (Å²) in [5.41, 5.74) is -0.549. The Kier molecular flexibility index (Phi) is 4.67. The maximum atomic E-state index is 13.9. The van der Waals surface area contributed by atoms with Gasteiger partial charge in [-0.3, -0.25) is 0 Å². The Labute approximate surface area is 126 Å². The lowest BCUT2D eigenvalue weighted by molar-refractivity contribution is -0.156. The maximum absolute atomic E-state index is 13.9. The van der Waals surface area contributed by atoms with Crippen LogP contribution in [0.3, 0.4) is 0 Å². The number of carboxylic acids is 1. The Morgan fingerprint density at radius 1 is 1.45 bits per heavy atom. The summed E-state index contributed by atoms with van der Waals surface area (Å²) in [4.78, 5) is 11.5. The standard InChI is InChI=1S/C15H18F2O5/c1-15(7-20-2)6-9(13(22-15)14(18)19)8-4-5-10(16)11(17)12(8)21-3/h4-5,9,13H,6-7H2,1-3H3,(H,18,19). The fourth-order valence-electron chi connectivity index (χ4n) is 2.95. The molecule has 1 aliphatic rings. The minimum Gasteiger partial charge on any atom is -0.493 e. The Morgan fingerprint density at radius 2 is 2.14 bits per heavy atom. The van der Waals surface area contributed by atoms with Gasteiger partial charge in [0.25, 0.3) is 0 Å². The molecule has 1 heterocycles. The van der Waals surface area contributed by atoms with E-state index in [9.17, 15) is 18.7 Å². The summed E-state index contributed by atoms with van der Waals surface area (Å²) in [6.45, 7) is 1.91. The third-order valence-electron chi connectivity index (χ3n) is 3.81. The van der Waals surface area contributed by atoms with Crippen LogP contribution in [0.5, 0.6) is 5.75 Å². The average Bonchev–Trinajstić information content (AvgIpc) is 2.80. The van der Waals surface area contributed by atoms with Crippen molar-refractivity contribution in [3.63, 3.8) is 0 Å². The van der Waals surface area contributed by atoms with Gasteiger partial charge in [0.2, 0.25) is 5.82 Å². The zero-order valence-electron chi connectivity index (χ0n) is 12.6. The van der Waals surface area contributed by atoms with Gasteiger partial charge in [0.15, 0.2) is 17.7 Å². The van der Waals surface area contributed by atoms with Gasteiger partial charge in [-0.15, -0.1) is 0 Å². The fraction of sp³-hybridized carbons (Fsp3) is 0.533. The maximum Gasteiger partial charge on any atom is 0.333 e. The lowest BCUT2D eigenvalue weighted by atomic mass is 9.86. The van der Waals surface area contributed by atoms with E-state index in [2.05, 4.69) is 0 Å². The van der Waals surface area contributed by atoms with Crippen LogP contribution in [0.25, 0.3) is 0 Å². The molecule has 7 heteroatoms. The molecule has 1 aromatic rings. The highest BCUT2D eigenvalue weighted by atomic mass is 19.2. The van der Waals surface area contributed by atoms with Crippen LogP contribution >= 0.6 is 0 Å². The molecule has 1 aromatic carbocycles. The van der Waals surface area contributed by atoms with Gasteiger partial charge in [0.1, 0.15) is 0 Å². The molecule has 0 saturated carbocycles. The number of methoxy groups -OCH3 is 2. The zero-order valence-corrected chi connectivity index (χ0v) is 12.6. The Morgan fingerprint density at radius 3 is 2.68 bits per heavy atom. The zero-order chi connectivity index (χ0) is 16.5. The van der Waals surface area contributed by atoms with Crippen molar-refractivity contribution in [2.45, 2.75) is 31.0 Å². The summed E-state index contributed by atoms with van der Waals surface area (Å²) >= 11 is 0. The van der Waals surface area contributed by atoms with Crippen molar-refractivity contribution in [2.75, 3.05) is 20.8 Å². The van der Waals surface area contributed by atoms with Gasteiger partial charge in [-0.25, -0.2) is 9.18 Å². The van der Waals surface area contributed by atoms with Crippen LogP contribution in [0.15, 0.2) is 12.1 Å². The van der Waals surface area contributed by atoms with Gasteiger partial charge in [-0.1, -0.05) is 6.07 Å². The Hall–Kier alpha value is -1.73. The van der Waals surface area contributed by atoms with Gasteiger partial charge in [0, 0.05) is 18.6 Å². The molecule has 0 aromatic heterocycles. The summed E-state index contributed by atoms with van der Waals surface area (Å²) in [6, 6.07) is 2.29. The van der Waals surface area contributed by atoms with Crippen LogP contribution in [0.4, 0.5) is 8.78 Å². The molecule has 1 fully saturated rings. The summed E-state index contributed by atoms with van der Waals surface area (Å²) < 4.78 is 42.8. The van der Waals surface area contributed by atoms with E-state index in [4.69, 9.17) is 14.2 Å². The molecular weight excluding hydrogens is 298 g/mol. The molecule has 22 heavy (non-hydrogen) atoms. The van der Waals surface area contributed by atoms with E-state index in [0.717, 1.165) is 6.07 Å². The number of benzene rings is 1. The van der Waals surface area contributed by atoms with Crippen molar-refractivity contribution in [3.8, 4) is 5.75 Å². The number of rotatable bonds is 5. The highest BCUT2D eigenvalue weighted by Crippen LogP contribution is 2.45. The summed E-state index contributed by atoms with van der Waals surface area (Å²) in [6.07, 6.45) is -0.891. The molecule has 3 unspecified atom stereocenters. The van der Waals surface area contributed by atoms with Crippen LogP contribution in [0.1, 0.15) is 24.8 Å². The Balaban J connectivity index is 2.46. The number of hydrogen-bond donors (Lipinski definition) is 1. The monoisotopic (exact) mass is 316 g/mol. The van der Waals surface area contributed by atoms with Crippen molar-refractivity contribution in [1.82, 2.24) is 0 Å². The van der Waals surface area contributed by atoms with E-state index in [1.807, 2.05) is 0 Å². The van der Waals surface area contributed by atoms with E-state index in [-0.39, 0.29) is 17.9 Å². The predicted molar refractivity (Wildman–Crippen MR) is 73.1 cm³/mol. The molecule has 3 atom stereocenters. The highest BCUT2D eigenvalue weighted by molar-refractivity contribution is 5.75. The smallest absolute Gasteiger partial charge is 0.333 e. The molecule has 122 valence electrons. The second-order valence-corrected chi connectivity index (χ2v) is 5.55. The molecule has 1 saturated heterocycles. The first-order valence-corrected chi connectivity index (χ1v) is 6.74. The van der Waals surface area contributed by atoms with Gasteiger partial charge in [0.05, 0.1) is 19.3 Å². The highest BCUT2D eigenvalue weighted by Gasteiger charge is 2.48. The molecule has 2 rings (SSSR count). The molecule has 0 aliphatic carbocycles. The van der Waals surface area contributed by atoms with Gasteiger partial charge < -0.3 is 19.3 Å². The van der Waals surface area contributed by atoms with Crippen molar-refractivity contribution in [3.05, 3.63) is 29.3 Å².